The Morgan fingerprint density at radius 1 is 1.33 bits per heavy atom. The molecule has 0 fully saturated rings. The summed E-state index contributed by atoms with van der Waals surface area (Å²) in [5.74, 6) is 0.305. The van der Waals surface area contributed by atoms with Gasteiger partial charge in [-0.05, 0) is 23.4 Å². The van der Waals surface area contributed by atoms with Crippen molar-refractivity contribution in [2.75, 3.05) is 5.75 Å². The molecule has 100 valence electrons. The number of hydrogen-bond donors (Lipinski definition) is 1. The summed E-state index contributed by atoms with van der Waals surface area (Å²) in [5, 5.41) is -0.185. The molecule has 0 aliphatic carbocycles. The van der Waals surface area contributed by atoms with Gasteiger partial charge in [0.25, 0.3) is 0 Å². The molecular formula is C12H14F3NOS. The lowest BCUT2D eigenvalue weighted by Crippen LogP contribution is -2.14. The second-order valence-corrected chi connectivity index (χ2v) is 5.21. The van der Waals surface area contributed by atoms with Crippen molar-refractivity contribution in [1.82, 2.24) is 0 Å². The van der Waals surface area contributed by atoms with Gasteiger partial charge in [-0.1, -0.05) is 19.1 Å². The molecular weight excluding hydrogens is 263 g/mol. The van der Waals surface area contributed by atoms with Crippen molar-refractivity contribution in [1.29, 1.82) is 0 Å². The van der Waals surface area contributed by atoms with Gasteiger partial charge in [0.2, 0.25) is 5.91 Å². The third-order valence-corrected chi connectivity index (χ3v) is 3.54. The summed E-state index contributed by atoms with van der Waals surface area (Å²) in [7, 11) is 0. The smallest absolute Gasteiger partial charge is 0.370 e. The van der Waals surface area contributed by atoms with Crippen LogP contribution in [0.25, 0.3) is 0 Å². The van der Waals surface area contributed by atoms with E-state index in [0.29, 0.717) is 5.56 Å². The average molecular weight is 277 g/mol. The SMILES string of the molecule is CCSC(CC(N)=O)c1ccc(C(F)(F)F)cc1. The molecule has 1 amide bonds. The van der Waals surface area contributed by atoms with E-state index in [1.54, 1.807) is 0 Å². The second-order valence-electron chi connectivity index (χ2n) is 3.73. The molecule has 1 rings (SSSR count). The Morgan fingerprint density at radius 2 is 1.89 bits per heavy atom. The average Bonchev–Trinajstić information content (AvgIpc) is 2.27. The molecule has 0 heterocycles. The first-order chi connectivity index (χ1) is 8.34. The van der Waals surface area contributed by atoms with Crippen molar-refractivity contribution in [2.24, 2.45) is 5.73 Å². The molecule has 1 atom stereocenters. The molecule has 0 aliphatic rings. The predicted molar refractivity (Wildman–Crippen MR) is 66.1 cm³/mol. The molecule has 0 saturated heterocycles. The van der Waals surface area contributed by atoms with E-state index in [9.17, 15) is 18.0 Å². The molecule has 6 heteroatoms. The first-order valence-electron chi connectivity index (χ1n) is 5.41. The molecule has 0 spiro atoms. The Balaban J connectivity index is 2.90. The Bertz CT molecular complexity index is 403. The first-order valence-corrected chi connectivity index (χ1v) is 6.46. The van der Waals surface area contributed by atoms with E-state index in [0.717, 1.165) is 17.9 Å². The largest absolute Gasteiger partial charge is 0.416 e. The maximum atomic E-state index is 12.4. The van der Waals surface area contributed by atoms with Gasteiger partial charge < -0.3 is 5.73 Å². The van der Waals surface area contributed by atoms with Crippen LogP contribution in [0.1, 0.15) is 29.7 Å². The number of rotatable bonds is 5. The highest BCUT2D eigenvalue weighted by Crippen LogP contribution is 2.34. The lowest BCUT2D eigenvalue weighted by molar-refractivity contribution is -0.137. The van der Waals surface area contributed by atoms with E-state index in [1.165, 1.54) is 23.9 Å². The van der Waals surface area contributed by atoms with Crippen LogP contribution in [-0.4, -0.2) is 11.7 Å². The predicted octanol–water partition coefficient (Wildman–Crippen LogP) is 3.38. The molecule has 0 radical (unpaired) electrons. The Labute approximate surface area is 108 Å². The number of carbonyl (C=O) groups excluding carboxylic acids is 1. The standard InChI is InChI=1S/C12H14F3NOS/c1-2-18-10(7-11(16)17)8-3-5-9(6-4-8)12(13,14)15/h3-6,10H,2,7H2,1H3,(H2,16,17). The number of thioether (sulfide) groups is 1. The minimum Gasteiger partial charge on any atom is -0.370 e. The van der Waals surface area contributed by atoms with Gasteiger partial charge in [0.05, 0.1) is 5.56 Å². The third kappa shape index (κ3) is 4.25. The lowest BCUT2D eigenvalue weighted by atomic mass is 10.1. The molecule has 0 aliphatic heterocycles. The summed E-state index contributed by atoms with van der Waals surface area (Å²) in [6.45, 7) is 1.92. The number of alkyl halides is 3. The highest BCUT2D eigenvalue weighted by molar-refractivity contribution is 7.99. The van der Waals surface area contributed by atoms with Crippen LogP contribution in [0.2, 0.25) is 0 Å². The van der Waals surface area contributed by atoms with E-state index >= 15 is 0 Å². The monoisotopic (exact) mass is 277 g/mol. The summed E-state index contributed by atoms with van der Waals surface area (Å²) in [6.07, 6.45) is -4.21. The van der Waals surface area contributed by atoms with Crippen molar-refractivity contribution >= 4 is 17.7 Å². The van der Waals surface area contributed by atoms with Crippen LogP contribution >= 0.6 is 11.8 Å². The third-order valence-electron chi connectivity index (χ3n) is 2.36. The van der Waals surface area contributed by atoms with Crippen LogP contribution in [0.5, 0.6) is 0 Å². The van der Waals surface area contributed by atoms with Crippen LogP contribution in [0.15, 0.2) is 24.3 Å². The van der Waals surface area contributed by atoms with E-state index in [2.05, 4.69) is 0 Å². The number of benzene rings is 1. The molecule has 1 aromatic rings. The number of primary amides is 1. The number of carbonyl (C=O) groups is 1. The fourth-order valence-corrected chi connectivity index (χ4v) is 2.58. The fraction of sp³-hybridized carbons (Fsp3) is 0.417. The van der Waals surface area contributed by atoms with Gasteiger partial charge >= 0.3 is 6.18 Å². The molecule has 18 heavy (non-hydrogen) atoms. The summed E-state index contributed by atoms with van der Waals surface area (Å²) >= 11 is 1.49. The fourth-order valence-electron chi connectivity index (χ4n) is 1.54. The van der Waals surface area contributed by atoms with E-state index in [1.807, 2.05) is 6.92 Å². The number of amides is 1. The van der Waals surface area contributed by atoms with E-state index in [4.69, 9.17) is 5.73 Å². The molecule has 0 aromatic heterocycles. The molecule has 2 N–H and O–H groups in total. The van der Waals surface area contributed by atoms with Gasteiger partial charge in [0.1, 0.15) is 0 Å². The normalized spacial score (nSPS) is 13.3. The van der Waals surface area contributed by atoms with Crippen molar-refractivity contribution in [3.8, 4) is 0 Å². The van der Waals surface area contributed by atoms with Gasteiger partial charge in [0, 0.05) is 11.7 Å². The zero-order valence-electron chi connectivity index (χ0n) is 9.83. The molecule has 0 saturated carbocycles. The van der Waals surface area contributed by atoms with Gasteiger partial charge in [-0.2, -0.15) is 24.9 Å². The zero-order chi connectivity index (χ0) is 13.8. The zero-order valence-corrected chi connectivity index (χ0v) is 10.6. The highest BCUT2D eigenvalue weighted by atomic mass is 32.2. The lowest BCUT2D eigenvalue weighted by Gasteiger charge is -2.15. The van der Waals surface area contributed by atoms with Crippen LogP contribution in [0.3, 0.4) is 0 Å². The van der Waals surface area contributed by atoms with Crippen LogP contribution in [0, 0.1) is 0 Å². The molecule has 1 unspecified atom stereocenters. The topological polar surface area (TPSA) is 43.1 Å². The Hall–Kier alpha value is -1.17. The van der Waals surface area contributed by atoms with E-state index < -0.39 is 17.6 Å². The maximum Gasteiger partial charge on any atom is 0.416 e. The van der Waals surface area contributed by atoms with Gasteiger partial charge in [-0.25, -0.2) is 0 Å². The summed E-state index contributed by atoms with van der Waals surface area (Å²) in [5.41, 5.74) is 5.13. The van der Waals surface area contributed by atoms with Crippen molar-refractivity contribution in [2.45, 2.75) is 24.8 Å². The first kappa shape index (κ1) is 14.9. The van der Waals surface area contributed by atoms with Gasteiger partial charge in [-0.15, -0.1) is 0 Å². The van der Waals surface area contributed by atoms with E-state index in [-0.39, 0.29) is 11.7 Å². The summed E-state index contributed by atoms with van der Waals surface area (Å²) in [4.78, 5) is 10.9. The summed E-state index contributed by atoms with van der Waals surface area (Å²) < 4.78 is 37.2. The van der Waals surface area contributed by atoms with Crippen LogP contribution < -0.4 is 5.73 Å². The Morgan fingerprint density at radius 3 is 2.28 bits per heavy atom. The minimum atomic E-state index is -4.34. The van der Waals surface area contributed by atoms with Crippen molar-refractivity contribution in [3.05, 3.63) is 35.4 Å². The number of nitrogens with two attached hydrogens (primary N) is 1. The molecule has 2 nitrogen and oxygen atoms in total. The number of hydrogen-bond acceptors (Lipinski definition) is 2. The minimum absolute atomic E-state index is 0.129. The second kappa shape index (κ2) is 6.13. The van der Waals surface area contributed by atoms with Crippen LogP contribution in [0.4, 0.5) is 13.2 Å². The number of halogens is 3. The molecule has 1 aromatic carbocycles. The van der Waals surface area contributed by atoms with Crippen LogP contribution in [-0.2, 0) is 11.0 Å². The molecule has 0 bridgehead atoms. The van der Waals surface area contributed by atoms with Crippen molar-refractivity contribution < 1.29 is 18.0 Å². The quantitative estimate of drug-likeness (QED) is 0.896. The summed E-state index contributed by atoms with van der Waals surface area (Å²) in [6, 6.07) is 4.86. The Kier molecular flexibility index (Phi) is 5.07. The van der Waals surface area contributed by atoms with Crippen molar-refractivity contribution in [3.63, 3.8) is 0 Å². The van der Waals surface area contributed by atoms with Gasteiger partial charge in [-0.3, -0.25) is 4.79 Å². The van der Waals surface area contributed by atoms with Gasteiger partial charge in [0.15, 0.2) is 0 Å². The maximum absolute atomic E-state index is 12.4. The highest BCUT2D eigenvalue weighted by Gasteiger charge is 2.30.